The van der Waals surface area contributed by atoms with Crippen LogP contribution in [0.3, 0.4) is 0 Å². The molecule has 10 heteroatoms. The van der Waals surface area contributed by atoms with Crippen molar-refractivity contribution in [2.24, 2.45) is 0 Å². The van der Waals surface area contributed by atoms with E-state index < -0.39 is 0 Å². The fourth-order valence-electron chi connectivity index (χ4n) is 2.90. The quantitative estimate of drug-likeness (QED) is 0.362. The minimum Gasteiger partial charge on any atom is -0.497 e. The van der Waals surface area contributed by atoms with Crippen LogP contribution in [0.1, 0.15) is 5.56 Å². The normalized spacial score (nSPS) is 10.5. The Hall–Kier alpha value is -3.32. The summed E-state index contributed by atoms with van der Waals surface area (Å²) in [6, 6.07) is 18.6. The summed E-state index contributed by atoms with van der Waals surface area (Å²) < 4.78 is 7.14. The second-order valence-corrected chi connectivity index (χ2v) is 8.75. The third-order valence-corrected chi connectivity index (χ3v) is 6.45. The van der Waals surface area contributed by atoms with Gasteiger partial charge in [0.05, 0.1) is 18.4 Å². The zero-order valence-corrected chi connectivity index (χ0v) is 19.2. The monoisotopic (exact) mass is 481 g/mol. The minimum absolute atomic E-state index is 0.109. The van der Waals surface area contributed by atoms with Crippen LogP contribution in [-0.2, 0) is 4.79 Å². The highest BCUT2D eigenvalue weighted by molar-refractivity contribution is 7.99. The summed E-state index contributed by atoms with van der Waals surface area (Å²) in [5.74, 6) is 1.23. The van der Waals surface area contributed by atoms with Crippen LogP contribution in [0.25, 0.3) is 17.1 Å². The van der Waals surface area contributed by atoms with Crippen molar-refractivity contribution in [1.82, 2.24) is 14.8 Å². The molecule has 0 aliphatic heterocycles. The molecule has 2 heterocycles. The molecule has 0 radical (unpaired) electrons. The summed E-state index contributed by atoms with van der Waals surface area (Å²) in [6.07, 6.45) is 0. The third-order valence-electron chi connectivity index (χ3n) is 4.44. The average Bonchev–Trinajstić information content (AvgIpc) is 3.45. The Kier molecular flexibility index (Phi) is 6.75. The predicted molar refractivity (Wildman–Crippen MR) is 127 cm³/mol. The van der Waals surface area contributed by atoms with Crippen LogP contribution in [0.2, 0.25) is 5.02 Å². The van der Waals surface area contributed by atoms with E-state index in [0.29, 0.717) is 26.6 Å². The molecule has 0 fully saturated rings. The standard InChI is InChI=1S/C22H16ClN5O2S2/c1-30-18-8-6-17(7-9-18)28-20(14-2-4-16(23)5-3-14)26-27-22(28)32-13-19(29)25-21-15(12-24)10-11-31-21/h2-11H,13H2,1H3,(H,25,29). The number of benzene rings is 2. The summed E-state index contributed by atoms with van der Waals surface area (Å²) in [6.45, 7) is 0. The van der Waals surface area contributed by atoms with Gasteiger partial charge in [0.25, 0.3) is 0 Å². The number of nitrogens with zero attached hydrogens (tertiary/aromatic N) is 4. The Morgan fingerprint density at radius 1 is 1.19 bits per heavy atom. The molecule has 32 heavy (non-hydrogen) atoms. The third kappa shape index (κ3) is 4.78. The van der Waals surface area contributed by atoms with Crippen molar-refractivity contribution in [2.75, 3.05) is 18.2 Å². The number of carbonyl (C=O) groups is 1. The van der Waals surface area contributed by atoms with E-state index in [2.05, 4.69) is 21.6 Å². The maximum atomic E-state index is 12.5. The highest BCUT2D eigenvalue weighted by atomic mass is 35.5. The van der Waals surface area contributed by atoms with Gasteiger partial charge in [0.1, 0.15) is 16.8 Å². The first kappa shape index (κ1) is 21.9. The molecule has 1 amide bonds. The number of carbonyl (C=O) groups excluding carboxylic acids is 1. The second kappa shape index (κ2) is 9.87. The van der Waals surface area contributed by atoms with Gasteiger partial charge in [-0.15, -0.1) is 21.5 Å². The maximum Gasteiger partial charge on any atom is 0.235 e. The van der Waals surface area contributed by atoms with E-state index in [1.165, 1.54) is 23.1 Å². The summed E-state index contributed by atoms with van der Waals surface area (Å²) in [5, 5.41) is 24.1. The van der Waals surface area contributed by atoms with Gasteiger partial charge in [0, 0.05) is 16.3 Å². The van der Waals surface area contributed by atoms with Crippen molar-refractivity contribution in [1.29, 1.82) is 5.26 Å². The number of halogens is 1. The Morgan fingerprint density at radius 2 is 1.94 bits per heavy atom. The molecule has 0 aliphatic rings. The summed E-state index contributed by atoms with van der Waals surface area (Å²) in [5.41, 5.74) is 2.11. The zero-order chi connectivity index (χ0) is 22.5. The topological polar surface area (TPSA) is 92.8 Å². The number of ether oxygens (including phenoxy) is 1. The Morgan fingerprint density at radius 3 is 2.62 bits per heavy atom. The molecular weight excluding hydrogens is 466 g/mol. The lowest BCUT2D eigenvalue weighted by molar-refractivity contribution is -0.113. The fraction of sp³-hybridized carbons (Fsp3) is 0.0909. The van der Waals surface area contributed by atoms with Gasteiger partial charge in [-0.05, 0) is 60.0 Å². The number of thiophene rings is 1. The van der Waals surface area contributed by atoms with Crippen LogP contribution in [-0.4, -0.2) is 33.5 Å². The number of aromatic nitrogens is 3. The van der Waals surface area contributed by atoms with Crippen molar-refractivity contribution in [3.8, 4) is 28.9 Å². The van der Waals surface area contributed by atoms with E-state index >= 15 is 0 Å². The molecule has 0 aliphatic carbocycles. The smallest absolute Gasteiger partial charge is 0.235 e. The molecule has 1 N–H and O–H groups in total. The van der Waals surface area contributed by atoms with Crippen LogP contribution in [0.4, 0.5) is 5.00 Å². The van der Waals surface area contributed by atoms with E-state index in [9.17, 15) is 4.79 Å². The number of rotatable bonds is 7. The number of thioether (sulfide) groups is 1. The predicted octanol–water partition coefficient (Wildman–Crippen LogP) is 5.26. The summed E-state index contributed by atoms with van der Waals surface area (Å²) in [4.78, 5) is 12.5. The molecule has 0 saturated heterocycles. The molecule has 0 unspecified atom stereocenters. The van der Waals surface area contributed by atoms with Gasteiger partial charge in [0.2, 0.25) is 5.91 Å². The van der Waals surface area contributed by atoms with Crippen LogP contribution in [0.5, 0.6) is 5.75 Å². The Labute approximate surface area is 197 Å². The van der Waals surface area contributed by atoms with E-state index in [1.54, 1.807) is 30.7 Å². The highest BCUT2D eigenvalue weighted by Gasteiger charge is 2.18. The van der Waals surface area contributed by atoms with E-state index in [4.69, 9.17) is 21.6 Å². The number of nitriles is 1. The molecule has 7 nitrogen and oxygen atoms in total. The maximum absolute atomic E-state index is 12.5. The molecule has 4 rings (SSSR count). The average molecular weight is 482 g/mol. The minimum atomic E-state index is -0.230. The van der Waals surface area contributed by atoms with Crippen LogP contribution >= 0.6 is 34.7 Å². The second-order valence-electron chi connectivity index (χ2n) is 6.46. The number of hydrogen-bond acceptors (Lipinski definition) is 7. The molecule has 0 spiro atoms. The summed E-state index contributed by atoms with van der Waals surface area (Å²) in [7, 11) is 1.61. The van der Waals surface area contributed by atoms with Gasteiger partial charge >= 0.3 is 0 Å². The van der Waals surface area contributed by atoms with Gasteiger partial charge in [-0.1, -0.05) is 23.4 Å². The largest absolute Gasteiger partial charge is 0.497 e. The highest BCUT2D eigenvalue weighted by Crippen LogP contribution is 2.30. The lowest BCUT2D eigenvalue weighted by atomic mass is 10.2. The number of methoxy groups -OCH3 is 1. The van der Waals surface area contributed by atoms with Crippen molar-refractivity contribution in [3.05, 3.63) is 70.6 Å². The molecule has 0 atom stereocenters. The number of nitrogens with one attached hydrogen (secondary N) is 1. The molecule has 2 aromatic carbocycles. The van der Waals surface area contributed by atoms with E-state index in [-0.39, 0.29) is 11.7 Å². The number of anilines is 1. The first-order valence-corrected chi connectivity index (χ1v) is 11.6. The van der Waals surface area contributed by atoms with Gasteiger partial charge < -0.3 is 10.1 Å². The molecular formula is C22H16ClN5O2S2. The molecule has 4 aromatic rings. The van der Waals surface area contributed by atoms with Gasteiger partial charge in [0.15, 0.2) is 11.0 Å². The van der Waals surface area contributed by atoms with Gasteiger partial charge in [-0.2, -0.15) is 5.26 Å². The Balaban J connectivity index is 1.62. The fourth-order valence-corrected chi connectivity index (χ4v) is 4.53. The first-order valence-electron chi connectivity index (χ1n) is 9.35. The Bertz CT molecular complexity index is 1280. The van der Waals surface area contributed by atoms with E-state index in [1.807, 2.05) is 41.0 Å². The van der Waals surface area contributed by atoms with Crippen molar-refractivity contribution >= 4 is 45.6 Å². The number of amides is 1. The molecule has 0 bridgehead atoms. The van der Waals surface area contributed by atoms with E-state index in [0.717, 1.165) is 17.0 Å². The first-order chi connectivity index (χ1) is 15.6. The number of hydrogen-bond donors (Lipinski definition) is 1. The van der Waals surface area contributed by atoms with Crippen molar-refractivity contribution in [2.45, 2.75) is 5.16 Å². The zero-order valence-electron chi connectivity index (χ0n) is 16.8. The van der Waals surface area contributed by atoms with Crippen LogP contribution in [0.15, 0.2) is 65.1 Å². The molecule has 160 valence electrons. The SMILES string of the molecule is COc1ccc(-n2c(SCC(=O)Nc3sccc3C#N)nnc2-c2ccc(Cl)cc2)cc1. The van der Waals surface area contributed by atoms with Crippen LogP contribution < -0.4 is 10.1 Å². The van der Waals surface area contributed by atoms with Crippen molar-refractivity contribution < 1.29 is 9.53 Å². The van der Waals surface area contributed by atoms with Gasteiger partial charge in [-0.25, -0.2) is 0 Å². The van der Waals surface area contributed by atoms with Crippen molar-refractivity contribution in [3.63, 3.8) is 0 Å². The lowest BCUT2D eigenvalue weighted by Gasteiger charge is -2.11. The molecule has 2 aromatic heterocycles. The summed E-state index contributed by atoms with van der Waals surface area (Å²) >= 11 is 8.60. The van der Waals surface area contributed by atoms with Gasteiger partial charge in [-0.3, -0.25) is 9.36 Å². The van der Waals surface area contributed by atoms with Crippen LogP contribution in [0, 0.1) is 11.3 Å². The lowest BCUT2D eigenvalue weighted by Crippen LogP contribution is -2.14. The molecule has 0 saturated carbocycles.